The van der Waals surface area contributed by atoms with Crippen LogP contribution in [0.25, 0.3) is 16.7 Å². The molecule has 10 atom stereocenters. The van der Waals surface area contributed by atoms with Gasteiger partial charge in [-0.3, -0.25) is 10.3 Å². The summed E-state index contributed by atoms with van der Waals surface area (Å²) in [5.41, 5.74) is 6.57. The molecule has 59 heavy (non-hydrogen) atoms. The van der Waals surface area contributed by atoms with Gasteiger partial charge in [-0.25, -0.2) is 13.8 Å². The van der Waals surface area contributed by atoms with Crippen LogP contribution < -0.4 is 21.1 Å². The third kappa shape index (κ3) is 6.42. The molecule has 0 spiro atoms. The second-order valence-electron chi connectivity index (χ2n) is 18.4. The van der Waals surface area contributed by atoms with Crippen LogP contribution in [0.15, 0.2) is 172 Å². The third-order valence-electron chi connectivity index (χ3n) is 13.9. The van der Waals surface area contributed by atoms with Gasteiger partial charge < -0.3 is 5.32 Å². The number of fused-ring (bicyclic) bond motifs is 6. The lowest BCUT2D eigenvalue weighted by molar-refractivity contribution is -0.724. The molecule has 0 fully saturated rings. The third-order valence-corrected chi connectivity index (χ3v) is 13.9. The number of nitrogens with two attached hydrogens (primary N) is 1. The van der Waals surface area contributed by atoms with Crippen molar-refractivity contribution in [3.8, 4) is 0 Å². The van der Waals surface area contributed by atoms with E-state index in [-0.39, 0.29) is 24.2 Å². The van der Waals surface area contributed by atoms with Crippen molar-refractivity contribution in [3.05, 3.63) is 184 Å². The number of benzene rings is 2. The molecule has 2 aliphatic heterocycles. The first-order valence-corrected chi connectivity index (χ1v) is 21.4. The molecule has 2 aromatic carbocycles. The molecule has 6 heteroatoms. The maximum absolute atomic E-state index is 15.6. The van der Waals surface area contributed by atoms with Gasteiger partial charge in [0.25, 0.3) is 0 Å². The largest absolute Gasteiger partial charge is 0.317 e. The van der Waals surface area contributed by atoms with Gasteiger partial charge in [-0.2, -0.15) is 0 Å². The highest BCUT2D eigenvalue weighted by Crippen LogP contribution is 2.55. The maximum Gasteiger partial charge on any atom is 0.209 e. The summed E-state index contributed by atoms with van der Waals surface area (Å²) in [6.45, 7) is 10.3. The van der Waals surface area contributed by atoms with E-state index in [1.54, 1.807) is 6.08 Å². The van der Waals surface area contributed by atoms with Crippen LogP contribution in [-0.4, -0.2) is 35.1 Å². The molecule has 2 aromatic rings. The fourth-order valence-corrected chi connectivity index (χ4v) is 10.4. The standard InChI is InChI=1S/C53H52F2N4/c1-32-13-17-35(18-14-32)48-56-49(36-19-15-33(2)16-20-36)58-50(57-48)37-23-21-34(22-24-37)39-25-26-43-45-41-11-7-6-10-40(41)42-12-8-9-28-51(42,3)46(45)47(59-53(43,5)31-39)38-27-29-52(4,55)44(54)30-38/h6-13,15,17-33,43-44,46,48,50,57H,14,16H2,1-5H3,(H,56,58)/p+1. The van der Waals surface area contributed by atoms with E-state index in [9.17, 15) is 0 Å². The fraction of sp³-hybridized carbons (Fsp3) is 0.321. The number of allylic oxidation sites excluding steroid dienone is 14. The quantitative estimate of drug-likeness (QED) is 0.314. The second-order valence-corrected chi connectivity index (χ2v) is 18.4. The van der Waals surface area contributed by atoms with Crippen LogP contribution in [0.2, 0.25) is 0 Å². The summed E-state index contributed by atoms with van der Waals surface area (Å²) in [7, 11) is 0. The number of amidine groups is 1. The lowest BCUT2D eigenvalue weighted by atomic mass is 9.55. The summed E-state index contributed by atoms with van der Waals surface area (Å²) >= 11 is 0. The highest BCUT2D eigenvalue weighted by molar-refractivity contribution is 6.13. The van der Waals surface area contributed by atoms with Gasteiger partial charge in [-0.05, 0) is 95.0 Å². The van der Waals surface area contributed by atoms with Crippen LogP contribution in [-0.2, 0) is 0 Å². The Hall–Kier alpha value is -5.46. The minimum absolute atomic E-state index is 0.0369. The molecule has 2 heterocycles. The Morgan fingerprint density at radius 3 is 2.25 bits per heavy atom. The lowest BCUT2D eigenvalue weighted by Crippen LogP contribution is -2.96. The number of hydrogen-bond donors (Lipinski definition) is 2. The lowest BCUT2D eigenvalue weighted by Gasteiger charge is -2.51. The molecular formula is C53H53F2N4+. The number of alkyl halides is 2. The summed E-state index contributed by atoms with van der Waals surface area (Å²) in [6, 6.07) is 17.5. The van der Waals surface area contributed by atoms with E-state index in [1.165, 1.54) is 46.2 Å². The van der Waals surface area contributed by atoms with Crippen molar-refractivity contribution < 1.29 is 14.1 Å². The first kappa shape index (κ1) is 37.8. The fourth-order valence-electron chi connectivity index (χ4n) is 10.4. The summed E-state index contributed by atoms with van der Waals surface area (Å²) < 4.78 is 30.8. The van der Waals surface area contributed by atoms with E-state index in [4.69, 9.17) is 9.98 Å². The van der Waals surface area contributed by atoms with Gasteiger partial charge in [-0.1, -0.05) is 148 Å². The van der Waals surface area contributed by atoms with Gasteiger partial charge in [-0.15, -0.1) is 0 Å². The Morgan fingerprint density at radius 1 is 0.780 bits per heavy atom. The van der Waals surface area contributed by atoms with E-state index < -0.39 is 22.8 Å². The van der Waals surface area contributed by atoms with E-state index in [2.05, 4.69) is 166 Å². The zero-order valence-corrected chi connectivity index (χ0v) is 34.5. The van der Waals surface area contributed by atoms with Gasteiger partial charge in [0.1, 0.15) is 5.84 Å². The van der Waals surface area contributed by atoms with E-state index in [0.717, 1.165) is 46.7 Å². The van der Waals surface area contributed by atoms with Crippen LogP contribution in [0, 0.1) is 29.1 Å². The van der Waals surface area contributed by atoms with Crippen LogP contribution in [0.3, 0.4) is 0 Å². The first-order valence-electron chi connectivity index (χ1n) is 21.4. The number of nitrogens with one attached hydrogen (secondary N) is 1. The molecular weight excluding hydrogens is 731 g/mol. The van der Waals surface area contributed by atoms with Crippen molar-refractivity contribution in [2.45, 2.75) is 77.2 Å². The smallest absolute Gasteiger partial charge is 0.209 e. The molecule has 3 N–H and O–H groups in total. The number of hydrogen-bond acceptors (Lipinski definition) is 3. The molecule has 0 saturated heterocycles. The average molecular weight is 784 g/mol. The Bertz CT molecular complexity index is 2640. The van der Waals surface area contributed by atoms with Crippen molar-refractivity contribution in [3.63, 3.8) is 0 Å². The van der Waals surface area contributed by atoms with Crippen LogP contribution >= 0.6 is 0 Å². The number of quaternary nitrogens is 1. The Labute approximate surface area is 346 Å². The van der Waals surface area contributed by atoms with Gasteiger partial charge >= 0.3 is 0 Å². The maximum atomic E-state index is 15.6. The van der Waals surface area contributed by atoms with Gasteiger partial charge in [0.15, 0.2) is 18.0 Å². The zero-order chi connectivity index (χ0) is 40.7. The minimum atomic E-state index is -2.07. The summed E-state index contributed by atoms with van der Waals surface area (Å²) in [4.78, 5) is 10.9. The molecule has 0 aromatic heterocycles. The van der Waals surface area contributed by atoms with Crippen LogP contribution in [0.1, 0.15) is 64.8 Å². The predicted octanol–water partition coefficient (Wildman–Crippen LogP) is 8.73. The summed E-state index contributed by atoms with van der Waals surface area (Å²) in [5, 5.41) is 8.51. The van der Waals surface area contributed by atoms with Crippen LogP contribution in [0.5, 0.6) is 0 Å². The molecule has 0 bridgehead atoms. The zero-order valence-electron chi connectivity index (χ0n) is 34.5. The number of nitrogens with zero attached hydrogens (tertiary/aromatic N) is 2. The summed E-state index contributed by atoms with van der Waals surface area (Å²) in [6.07, 6.45) is 34.2. The Kier molecular flexibility index (Phi) is 9.02. The molecule has 10 unspecified atom stereocenters. The first-order chi connectivity index (χ1) is 28.4. The van der Waals surface area contributed by atoms with Crippen molar-refractivity contribution in [1.82, 2.24) is 5.32 Å². The Balaban J connectivity index is 1.04. The van der Waals surface area contributed by atoms with E-state index in [0.29, 0.717) is 17.4 Å². The van der Waals surface area contributed by atoms with E-state index in [1.807, 2.05) is 0 Å². The van der Waals surface area contributed by atoms with Gasteiger partial charge in [0.2, 0.25) is 6.17 Å². The van der Waals surface area contributed by atoms with E-state index >= 15 is 8.78 Å². The Morgan fingerprint density at radius 2 is 1.53 bits per heavy atom. The predicted molar refractivity (Wildman–Crippen MR) is 238 cm³/mol. The molecule has 0 radical (unpaired) electrons. The number of aliphatic imine (C=N–C) groups is 2. The second kappa shape index (κ2) is 14.1. The minimum Gasteiger partial charge on any atom is -0.317 e. The van der Waals surface area contributed by atoms with Crippen molar-refractivity contribution in [2.24, 2.45) is 39.1 Å². The molecule has 8 aliphatic rings. The highest BCUT2D eigenvalue weighted by atomic mass is 19.2. The monoisotopic (exact) mass is 783 g/mol. The number of halogens is 2. The molecule has 10 rings (SSSR count). The highest BCUT2D eigenvalue weighted by Gasteiger charge is 2.53. The summed E-state index contributed by atoms with van der Waals surface area (Å²) in [5.74, 6) is 1.82. The average Bonchev–Trinajstić information content (AvgIpc) is 3.24. The van der Waals surface area contributed by atoms with Crippen molar-refractivity contribution in [1.29, 1.82) is 0 Å². The molecule has 298 valence electrons. The number of rotatable bonds is 5. The van der Waals surface area contributed by atoms with Gasteiger partial charge in [0.05, 0.1) is 11.3 Å². The molecule has 4 nitrogen and oxygen atoms in total. The molecule has 0 saturated carbocycles. The van der Waals surface area contributed by atoms with Gasteiger partial charge in [0, 0.05) is 34.0 Å². The topological polar surface area (TPSA) is 53.4 Å². The van der Waals surface area contributed by atoms with Crippen molar-refractivity contribution in [2.75, 3.05) is 0 Å². The van der Waals surface area contributed by atoms with Crippen LogP contribution in [0.4, 0.5) is 8.78 Å². The SMILES string of the molecule is CC1C=CC(C2=NC(c3ccc(C4=CC5(C)N=C(C6=CC(F)C(C)(F)C=C6)C6C(=c7ccccc7=C7C=CC=CC76C)C5C=C4)cc3)[NH2+]C(C3=CCC(C)C=C3)N2)=CC1. The molecule has 0 amide bonds. The normalized spacial score (nSPS) is 36.5. The molecule has 6 aliphatic carbocycles. The van der Waals surface area contributed by atoms with Crippen molar-refractivity contribution >= 4 is 28.3 Å².